The molecule has 1 heterocycles. The summed E-state index contributed by atoms with van der Waals surface area (Å²) in [5.41, 5.74) is 11.2. The van der Waals surface area contributed by atoms with Crippen molar-refractivity contribution in [2.75, 3.05) is 13.1 Å². The summed E-state index contributed by atoms with van der Waals surface area (Å²) >= 11 is 0. The molecule has 1 saturated heterocycles. The molecular weight excluding hydrogens is 410 g/mol. The number of aliphatic carboxylic acids is 2. The minimum absolute atomic E-state index is 0.0431. The van der Waals surface area contributed by atoms with Gasteiger partial charge in [0.05, 0.1) is 6.04 Å². The van der Waals surface area contributed by atoms with Crippen LogP contribution in [-0.4, -0.2) is 82.0 Å². The number of hydrogen-bond acceptors (Lipinski definition) is 7. The van der Waals surface area contributed by atoms with Crippen LogP contribution in [0.2, 0.25) is 0 Å². The van der Waals surface area contributed by atoms with E-state index in [1.807, 2.05) is 0 Å². The first-order valence-electron chi connectivity index (χ1n) is 10.4. The Morgan fingerprint density at radius 1 is 1.10 bits per heavy atom. The summed E-state index contributed by atoms with van der Waals surface area (Å²) in [4.78, 5) is 60.8. The van der Waals surface area contributed by atoms with Crippen LogP contribution >= 0.6 is 0 Å². The van der Waals surface area contributed by atoms with Gasteiger partial charge < -0.3 is 37.2 Å². The SMILES string of the molecule is CC(NC(=O)C1CCCN1C(=O)C(N)CCC(=O)O)C(=O)NC(CCCCN)C(=O)O. The third-order valence-corrected chi connectivity index (χ3v) is 5.14. The van der Waals surface area contributed by atoms with Crippen molar-refractivity contribution in [1.29, 1.82) is 0 Å². The number of likely N-dealkylation sites (tertiary alicyclic amines) is 1. The number of unbranched alkanes of at least 4 members (excludes halogenated alkanes) is 1. The van der Waals surface area contributed by atoms with Crippen molar-refractivity contribution < 1.29 is 34.2 Å². The van der Waals surface area contributed by atoms with Gasteiger partial charge in [0, 0.05) is 13.0 Å². The molecule has 0 aromatic heterocycles. The predicted molar refractivity (Wildman–Crippen MR) is 110 cm³/mol. The highest BCUT2D eigenvalue weighted by Crippen LogP contribution is 2.19. The highest BCUT2D eigenvalue weighted by molar-refractivity contribution is 5.94. The average molecular weight is 444 g/mol. The molecule has 1 aliphatic rings. The fourth-order valence-corrected chi connectivity index (χ4v) is 3.34. The zero-order valence-electron chi connectivity index (χ0n) is 17.7. The van der Waals surface area contributed by atoms with Gasteiger partial charge >= 0.3 is 11.9 Å². The van der Waals surface area contributed by atoms with Crippen LogP contribution in [0.3, 0.4) is 0 Å². The molecule has 8 N–H and O–H groups in total. The number of hydrogen-bond donors (Lipinski definition) is 6. The van der Waals surface area contributed by atoms with E-state index in [0.717, 1.165) is 0 Å². The summed E-state index contributed by atoms with van der Waals surface area (Å²) in [7, 11) is 0. The van der Waals surface area contributed by atoms with E-state index in [1.165, 1.54) is 11.8 Å². The van der Waals surface area contributed by atoms with Crippen LogP contribution in [0.25, 0.3) is 0 Å². The fourth-order valence-electron chi connectivity index (χ4n) is 3.34. The highest BCUT2D eigenvalue weighted by atomic mass is 16.4. The number of amides is 3. The van der Waals surface area contributed by atoms with E-state index in [1.54, 1.807) is 0 Å². The molecule has 1 aliphatic heterocycles. The van der Waals surface area contributed by atoms with Crippen LogP contribution in [0, 0.1) is 0 Å². The third-order valence-electron chi connectivity index (χ3n) is 5.14. The Kier molecular flexibility index (Phi) is 10.9. The number of rotatable bonds is 13. The number of carbonyl (C=O) groups excluding carboxylic acids is 3. The summed E-state index contributed by atoms with van der Waals surface area (Å²) in [6.45, 7) is 2.15. The van der Waals surface area contributed by atoms with Crippen molar-refractivity contribution in [1.82, 2.24) is 15.5 Å². The molecule has 0 aliphatic carbocycles. The maximum Gasteiger partial charge on any atom is 0.326 e. The van der Waals surface area contributed by atoms with E-state index < -0.39 is 53.8 Å². The second-order valence-electron chi connectivity index (χ2n) is 7.64. The lowest BCUT2D eigenvalue weighted by Crippen LogP contribution is -2.55. The first kappa shape index (κ1) is 26.3. The molecule has 0 bridgehead atoms. The lowest BCUT2D eigenvalue weighted by Gasteiger charge is -2.27. The second-order valence-corrected chi connectivity index (χ2v) is 7.64. The zero-order chi connectivity index (χ0) is 23.6. The van der Waals surface area contributed by atoms with Gasteiger partial charge in [0.2, 0.25) is 17.7 Å². The zero-order valence-corrected chi connectivity index (χ0v) is 17.7. The summed E-state index contributed by atoms with van der Waals surface area (Å²) in [5.74, 6) is -3.95. The molecule has 3 amide bonds. The van der Waals surface area contributed by atoms with Crippen molar-refractivity contribution in [3.8, 4) is 0 Å². The summed E-state index contributed by atoms with van der Waals surface area (Å²) in [5, 5.41) is 22.9. The topological polar surface area (TPSA) is 205 Å². The average Bonchev–Trinajstić information content (AvgIpc) is 3.20. The number of nitrogens with two attached hydrogens (primary N) is 2. The number of nitrogens with zero attached hydrogens (tertiary/aromatic N) is 1. The van der Waals surface area contributed by atoms with E-state index in [2.05, 4.69) is 10.6 Å². The van der Waals surface area contributed by atoms with E-state index in [4.69, 9.17) is 16.6 Å². The number of carboxylic acids is 2. The first-order valence-corrected chi connectivity index (χ1v) is 10.4. The standard InChI is InChI=1S/C19H33N5O7/c1-11(16(27)23-13(19(30)31)5-2-3-9-20)22-17(28)14-6-4-10-24(14)18(29)12(21)7-8-15(25)26/h11-14H,2-10,20-21H2,1H3,(H,22,28)(H,23,27)(H,25,26)(H,30,31). The fraction of sp³-hybridized carbons (Fsp3) is 0.737. The summed E-state index contributed by atoms with van der Waals surface area (Å²) in [6, 6.07) is -3.95. The number of nitrogens with one attached hydrogen (secondary N) is 2. The molecule has 1 rings (SSSR count). The van der Waals surface area contributed by atoms with Gasteiger partial charge in [-0.05, 0) is 52.0 Å². The molecule has 0 spiro atoms. The molecule has 4 unspecified atom stereocenters. The van der Waals surface area contributed by atoms with Gasteiger partial charge in [0.25, 0.3) is 0 Å². The Hall–Kier alpha value is -2.73. The Labute approximate surface area is 180 Å². The van der Waals surface area contributed by atoms with E-state index in [-0.39, 0.29) is 19.3 Å². The van der Waals surface area contributed by atoms with Crippen LogP contribution in [0.1, 0.15) is 51.9 Å². The van der Waals surface area contributed by atoms with Crippen LogP contribution in [0.15, 0.2) is 0 Å². The van der Waals surface area contributed by atoms with Crippen molar-refractivity contribution in [2.45, 2.75) is 76.0 Å². The normalized spacial score (nSPS) is 18.7. The van der Waals surface area contributed by atoms with E-state index in [9.17, 15) is 29.1 Å². The maximum atomic E-state index is 12.6. The Bertz CT molecular complexity index is 672. The molecule has 1 fully saturated rings. The van der Waals surface area contributed by atoms with Crippen molar-refractivity contribution >= 4 is 29.7 Å². The van der Waals surface area contributed by atoms with Crippen LogP contribution in [-0.2, 0) is 24.0 Å². The minimum atomic E-state index is -1.17. The number of carboxylic acid groups (broad SMARTS) is 2. The highest BCUT2D eigenvalue weighted by Gasteiger charge is 2.37. The van der Waals surface area contributed by atoms with Crippen LogP contribution in [0.4, 0.5) is 0 Å². The Balaban J connectivity index is 2.64. The third kappa shape index (κ3) is 8.50. The van der Waals surface area contributed by atoms with Crippen molar-refractivity contribution in [2.24, 2.45) is 11.5 Å². The van der Waals surface area contributed by atoms with Gasteiger partial charge in [-0.3, -0.25) is 19.2 Å². The smallest absolute Gasteiger partial charge is 0.326 e. The van der Waals surface area contributed by atoms with Gasteiger partial charge in [-0.15, -0.1) is 0 Å². The lowest BCUT2D eigenvalue weighted by molar-refractivity contribution is -0.143. The molecule has 176 valence electrons. The molecular formula is C19H33N5O7. The molecule has 31 heavy (non-hydrogen) atoms. The molecule has 12 heteroatoms. The Morgan fingerprint density at radius 3 is 2.35 bits per heavy atom. The largest absolute Gasteiger partial charge is 0.481 e. The van der Waals surface area contributed by atoms with Gasteiger partial charge in [-0.1, -0.05) is 0 Å². The monoisotopic (exact) mass is 443 g/mol. The van der Waals surface area contributed by atoms with Gasteiger partial charge in [0.1, 0.15) is 18.1 Å². The molecule has 0 aromatic carbocycles. The molecule has 0 saturated carbocycles. The second kappa shape index (κ2) is 12.8. The van der Waals surface area contributed by atoms with Gasteiger partial charge in [-0.2, -0.15) is 0 Å². The van der Waals surface area contributed by atoms with E-state index in [0.29, 0.717) is 38.8 Å². The van der Waals surface area contributed by atoms with E-state index >= 15 is 0 Å². The minimum Gasteiger partial charge on any atom is -0.481 e. The van der Waals surface area contributed by atoms with Crippen LogP contribution in [0.5, 0.6) is 0 Å². The van der Waals surface area contributed by atoms with Crippen molar-refractivity contribution in [3.05, 3.63) is 0 Å². The molecule has 0 radical (unpaired) electrons. The van der Waals surface area contributed by atoms with Crippen LogP contribution < -0.4 is 22.1 Å². The number of carbonyl (C=O) groups is 5. The molecule has 4 atom stereocenters. The summed E-state index contributed by atoms with van der Waals surface area (Å²) < 4.78 is 0. The first-order chi connectivity index (χ1) is 14.6. The quantitative estimate of drug-likeness (QED) is 0.180. The molecule has 0 aromatic rings. The summed E-state index contributed by atoms with van der Waals surface area (Å²) in [6.07, 6.45) is 2.04. The van der Waals surface area contributed by atoms with Gasteiger partial charge in [-0.25, -0.2) is 4.79 Å². The predicted octanol–water partition coefficient (Wildman–Crippen LogP) is -1.63. The maximum absolute atomic E-state index is 12.6. The van der Waals surface area contributed by atoms with Crippen molar-refractivity contribution in [3.63, 3.8) is 0 Å². The van der Waals surface area contributed by atoms with Gasteiger partial charge in [0.15, 0.2) is 0 Å². The Morgan fingerprint density at radius 2 is 1.77 bits per heavy atom. The molecule has 12 nitrogen and oxygen atoms in total. The lowest BCUT2D eigenvalue weighted by atomic mass is 10.1.